The lowest BCUT2D eigenvalue weighted by molar-refractivity contribution is 0.336. The van der Waals surface area contributed by atoms with Crippen LogP contribution in [0.15, 0.2) is 24.8 Å². The van der Waals surface area contributed by atoms with E-state index < -0.39 is 0 Å². The third kappa shape index (κ3) is 2.11. The molecule has 0 bridgehead atoms. The van der Waals surface area contributed by atoms with Crippen molar-refractivity contribution in [1.82, 2.24) is 0 Å². The highest BCUT2D eigenvalue weighted by Gasteiger charge is 2.04. The molecule has 0 heterocycles. The van der Waals surface area contributed by atoms with Crippen LogP contribution in [0.2, 0.25) is 0 Å². The molecule has 0 aromatic heterocycles. The molecule has 0 saturated heterocycles. The van der Waals surface area contributed by atoms with E-state index in [1.807, 2.05) is 25.1 Å². The molecule has 0 aliphatic rings. The van der Waals surface area contributed by atoms with Crippen molar-refractivity contribution < 1.29 is 4.74 Å². The van der Waals surface area contributed by atoms with Gasteiger partial charge in [-0.3, -0.25) is 0 Å². The SMILES string of the molecule is C=Cc1cccc(CC)c1OCC. The quantitative estimate of drug-likeness (QED) is 0.684. The molecule has 1 nitrogen and oxygen atoms in total. The summed E-state index contributed by atoms with van der Waals surface area (Å²) in [6, 6.07) is 6.16. The molecule has 0 radical (unpaired) electrons. The summed E-state index contributed by atoms with van der Waals surface area (Å²) in [4.78, 5) is 0. The zero-order valence-electron chi connectivity index (χ0n) is 8.34. The van der Waals surface area contributed by atoms with Crippen molar-refractivity contribution in [2.75, 3.05) is 6.61 Å². The Morgan fingerprint density at radius 2 is 2.15 bits per heavy atom. The molecule has 1 aromatic rings. The number of rotatable bonds is 4. The predicted molar refractivity (Wildman–Crippen MR) is 57.1 cm³/mol. The molecule has 1 aromatic carbocycles. The lowest BCUT2D eigenvalue weighted by atomic mass is 10.1. The Kier molecular flexibility index (Phi) is 3.56. The standard InChI is InChI=1S/C12H16O/c1-4-10-8-7-9-11(5-2)12(10)13-6-3/h4,7-9H,1,5-6H2,2-3H3. The highest BCUT2D eigenvalue weighted by Crippen LogP contribution is 2.25. The summed E-state index contributed by atoms with van der Waals surface area (Å²) in [5.41, 5.74) is 2.33. The number of benzene rings is 1. The van der Waals surface area contributed by atoms with Gasteiger partial charge >= 0.3 is 0 Å². The first-order valence-electron chi connectivity index (χ1n) is 4.70. The number of para-hydroxylation sites is 1. The number of ether oxygens (including phenoxy) is 1. The minimum atomic E-state index is 0.706. The van der Waals surface area contributed by atoms with Crippen LogP contribution >= 0.6 is 0 Å². The van der Waals surface area contributed by atoms with Crippen LogP contribution in [-0.4, -0.2) is 6.61 Å². The van der Waals surface area contributed by atoms with Crippen molar-refractivity contribution in [3.8, 4) is 5.75 Å². The highest BCUT2D eigenvalue weighted by molar-refractivity contribution is 5.58. The fraction of sp³-hybridized carbons (Fsp3) is 0.333. The molecule has 0 aliphatic carbocycles. The molecule has 0 fully saturated rings. The van der Waals surface area contributed by atoms with Crippen molar-refractivity contribution >= 4 is 6.08 Å². The maximum absolute atomic E-state index is 5.58. The van der Waals surface area contributed by atoms with E-state index in [1.165, 1.54) is 5.56 Å². The van der Waals surface area contributed by atoms with Gasteiger partial charge in [0.2, 0.25) is 0 Å². The first-order valence-corrected chi connectivity index (χ1v) is 4.70. The molecule has 0 amide bonds. The summed E-state index contributed by atoms with van der Waals surface area (Å²) in [5.74, 6) is 0.988. The van der Waals surface area contributed by atoms with Crippen molar-refractivity contribution in [3.63, 3.8) is 0 Å². The third-order valence-corrected chi connectivity index (χ3v) is 2.02. The Bertz CT molecular complexity index is 289. The fourth-order valence-corrected chi connectivity index (χ4v) is 1.36. The molecule has 0 spiro atoms. The summed E-state index contributed by atoms with van der Waals surface area (Å²) < 4.78 is 5.58. The number of aryl methyl sites for hydroxylation is 1. The van der Waals surface area contributed by atoms with Gasteiger partial charge in [-0.15, -0.1) is 0 Å². The van der Waals surface area contributed by atoms with Crippen LogP contribution in [0.1, 0.15) is 25.0 Å². The zero-order chi connectivity index (χ0) is 9.68. The van der Waals surface area contributed by atoms with Crippen LogP contribution in [0.4, 0.5) is 0 Å². The summed E-state index contributed by atoms with van der Waals surface area (Å²) in [6.07, 6.45) is 2.83. The molecule has 70 valence electrons. The Balaban J connectivity index is 3.12. The Hall–Kier alpha value is -1.24. The summed E-state index contributed by atoms with van der Waals surface area (Å²) in [6.45, 7) is 8.60. The number of hydrogen-bond donors (Lipinski definition) is 0. The van der Waals surface area contributed by atoms with Gasteiger partial charge in [-0.1, -0.05) is 37.8 Å². The predicted octanol–water partition coefficient (Wildman–Crippen LogP) is 3.29. The average Bonchev–Trinajstić information content (AvgIpc) is 2.18. The van der Waals surface area contributed by atoms with E-state index in [2.05, 4.69) is 19.6 Å². The third-order valence-electron chi connectivity index (χ3n) is 2.02. The minimum absolute atomic E-state index is 0.706. The fourth-order valence-electron chi connectivity index (χ4n) is 1.36. The normalized spacial score (nSPS) is 9.69. The minimum Gasteiger partial charge on any atom is -0.493 e. The second-order valence-corrected chi connectivity index (χ2v) is 2.83. The molecule has 0 unspecified atom stereocenters. The van der Waals surface area contributed by atoms with Crippen molar-refractivity contribution in [2.24, 2.45) is 0 Å². The zero-order valence-corrected chi connectivity index (χ0v) is 8.34. The molecular formula is C12H16O. The van der Waals surface area contributed by atoms with E-state index >= 15 is 0 Å². The maximum Gasteiger partial charge on any atom is 0.129 e. The highest BCUT2D eigenvalue weighted by atomic mass is 16.5. The summed E-state index contributed by atoms with van der Waals surface area (Å²) in [5, 5.41) is 0. The van der Waals surface area contributed by atoms with Crippen LogP contribution in [-0.2, 0) is 6.42 Å². The lowest BCUT2D eigenvalue weighted by Gasteiger charge is -2.11. The lowest BCUT2D eigenvalue weighted by Crippen LogP contribution is -1.97. The molecule has 1 heteroatoms. The van der Waals surface area contributed by atoms with Gasteiger partial charge in [0.1, 0.15) is 5.75 Å². The van der Waals surface area contributed by atoms with Gasteiger partial charge in [0.05, 0.1) is 6.61 Å². The van der Waals surface area contributed by atoms with Gasteiger partial charge in [-0.05, 0) is 18.9 Å². The molecule has 0 N–H and O–H groups in total. The van der Waals surface area contributed by atoms with Gasteiger partial charge < -0.3 is 4.74 Å². The van der Waals surface area contributed by atoms with Crippen molar-refractivity contribution in [2.45, 2.75) is 20.3 Å². The molecule has 0 atom stereocenters. The van der Waals surface area contributed by atoms with Gasteiger partial charge in [-0.25, -0.2) is 0 Å². The molecule has 1 rings (SSSR count). The molecule has 13 heavy (non-hydrogen) atoms. The topological polar surface area (TPSA) is 9.23 Å². The smallest absolute Gasteiger partial charge is 0.129 e. The maximum atomic E-state index is 5.58. The summed E-state index contributed by atoms with van der Waals surface area (Å²) in [7, 11) is 0. The first kappa shape index (κ1) is 9.85. The van der Waals surface area contributed by atoms with Gasteiger partial charge in [0, 0.05) is 5.56 Å². The molecule has 0 saturated carbocycles. The van der Waals surface area contributed by atoms with Gasteiger partial charge in [0.15, 0.2) is 0 Å². The van der Waals surface area contributed by atoms with Crippen LogP contribution < -0.4 is 4.74 Å². The van der Waals surface area contributed by atoms with Gasteiger partial charge in [-0.2, -0.15) is 0 Å². The van der Waals surface area contributed by atoms with E-state index in [9.17, 15) is 0 Å². The van der Waals surface area contributed by atoms with Crippen LogP contribution in [0.25, 0.3) is 6.08 Å². The molecular weight excluding hydrogens is 160 g/mol. The second-order valence-electron chi connectivity index (χ2n) is 2.83. The molecule has 0 aliphatic heterocycles. The van der Waals surface area contributed by atoms with Crippen LogP contribution in [0, 0.1) is 0 Å². The summed E-state index contributed by atoms with van der Waals surface area (Å²) >= 11 is 0. The van der Waals surface area contributed by atoms with Gasteiger partial charge in [0.25, 0.3) is 0 Å². The first-order chi connectivity index (χ1) is 6.33. The Morgan fingerprint density at radius 3 is 2.69 bits per heavy atom. The van der Waals surface area contributed by atoms with Crippen LogP contribution in [0.5, 0.6) is 5.75 Å². The van der Waals surface area contributed by atoms with Crippen LogP contribution in [0.3, 0.4) is 0 Å². The van der Waals surface area contributed by atoms with E-state index in [1.54, 1.807) is 0 Å². The largest absolute Gasteiger partial charge is 0.493 e. The monoisotopic (exact) mass is 176 g/mol. The van der Waals surface area contributed by atoms with E-state index in [0.717, 1.165) is 17.7 Å². The average molecular weight is 176 g/mol. The Labute approximate surface area is 80.0 Å². The van der Waals surface area contributed by atoms with E-state index in [4.69, 9.17) is 4.74 Å². The Morgan fingerprint density at radius 1 is 1.38 bits per heavy atom. The van der Waals surface area contributed by atoms with E-state index in [0.29, 0.717) is 6.61 Å². The van der Waals surface area contributed by atoms with Crippen molar-refractivity contribution in [1.29, 1.82) is 0 Å². The van der Waals surface area contributed by atoms with Crippen molar-refractivity contribution in [3.05, 3.63) is 35.9 Å². The number of hydrogen-bond acceptors (Lipinski definition) is 1. The second kappa shape index (κ2) is 4.70. The van der Waals surface area contributed by atoms with E-state index in [-0.39, 0.29) is 0 Å².